The van der Waals surface area contributed by atoms with Crippen LogP contribution in [0.1, 0.15) is 18.6 Å². The first-order valence-corrected chi connectivity index (χ1v) is 7.07. The monoisotopic (exact) mass is 309 g/mol. The summed E-state index contributed by atoms with van der Waals surface area (Å²) in [7, 11) is 0. The van der Waals surface area contributed by atoms with Crippen LogP contribution in [0.3, 0.4) is 0 Å². The van der Waals surface area contributed by atoms with E-state index in [0.29, 0.717) is 11.3 Å². The third kappa shape index (κ3) is 2.91. The Labute approximate surface area is 132 Å². The van der Waals surface area contributed by atoms with Gasteiger partial charge in [-0.05, 0) is 36.8 Å². The number of nitrogens with zero attached hydrogens (tertiary/aromatic N) is 3. The molecule has 1 heterocycles. The highest BCUT2D eigenvalue weighted by Gasteiger charge is 2.14. The molecule has 0 aliphatic rings. The molecule has 0 radical (unpaired) electrons. The smallest absolute Gasteiger partial charge is 0.330 e. The molecular formula is C17H15N3O3. The fourth-order valence-electron chi connectivity index (χ4n) is 2.21. The first kappa shape index (κ1) is 14.8. The molecule has 6 heteroatoms. The van der Waals surface area contributed by atoms with Crippen molar-refractivity contribution < 1.29 is 14.6 Å². The molecule has 1 unspecified atom stereocenters. The van der Waals surface area contributed by atoms with Crippen LogP contribution < -0.4 is 0 Å². The Morgan fingerprint density at radius 2 is 1.91 bits per heavy atom. The van der Waals surface area contributed by atoms with Crippen molar-refractivity contribution in [2.45, 2.75) is 13.0 Å². The molecule has 0 aliphatic heterocycles. The Balaban J connectivity index is 2.00. The molecule has 0 fully saturated rings. The Morgan fingerprint density at radius 1 is 1.26 bits per heavy atom. The van der Waals surface area contributed by atoms with Crippen LogP contribution in [0.15, 0.2) is 55.1 Å². The maximum absolute atomic E-state index is 11.3. The highest BCUT2D eigenvalue weighted by molar-refractivity contribution is 5.81. The molecule has 0 saturated heterocycles. The van der Waals surface area contributed by atoms with Gasteiger partial charge in [-0.15, -0.1) is 15.0 Å². The van der Waals surface area contributed by atoms with Gasteiger partial charge >= 0.3 is 5.97 Å². The van der Waals surface area contributed by atoms with Crippen LogP contribution in [0.2, 0.25) is 0 Å². The number of hydrogen-bond donors (Lipinski definition) is 1. The lowest BCUT2D eigenvalue weighted by Crippen LogP contribution is -2.07. The van der Waals surface area contributed by atoms with Crippen molar-refractivity contribution in [3.05, 3.63) is 60.7 Å². The molecule has 0 bridgehead atoms. The summed E-state index contributed by atoms with van der Waals surface area (Å²) in [6, 6.07) is 12.3. The Kier molecular flexibility index (Phi) is 3.80. The van der Waals surface area contributed by atoms with Gasteiger partial charge < -0.3 is 9.84 Å². The van der Waals surface area contributed by atoms with E-state index in [4.69, 9.17) is 4.74 Å². The number of ether oxygens (including phenoxy) is 1. The lowest BCUT2D eigenvalue weighted by atomic mass is 10.1. The minimum Gasteiger partial charge on any atom is -0.506 e. The van der Waals surface area contributed by atoms with Gasteiger partial charge in [0, 0.05) is 6.08 Å². The second-order valence-corrected chi connectivity index (χ2v) is 5.01. The van der Waals surface area contributed by atoms with Crippen molar-refractivity contribution in [3.8, 4) is 11.4 Å². The summed E-state index contributed by atoms with van der Waals surface area (Å²) in [4.78, 5) is 12.7. The molecule has 0 amide bonds. The predicted octanol–water partition coefficient (Wildman–Crippen LogP) is 2.92. The summed E-state index contributed by atoms with van der Waals surface area (Å²) in [6.45, 7) is 5.11. The Hall–Kier alpha value is -3.15. The van der Waals surface area contributed by atoms with Gasteiger partial charge in [0.25, 0.3) is 0 Å². The maximum atomic E-state index is 11.3. The third-order valence-electron chi connectivity index (χ3n) is 3.43. The largest absolute Gasteiger partial charge is 0.506 e. The summed E-state index contributed by atoms with van der Waals surface area (Å²) in [5.74, 6) is -0.466. The zero-order valence-electron chi connectivity index (χ0n) is 12.5. The van der Waals surface area contributed by atoms with Crippen LogP contribution in [0.5, 0.6) is 5.75 Å². The van der Waals surface area contributed by atoms with Gasteiger partial charge in [-0.25, -0.2) is 4.79 Å². The van der Waals surface area contributed by atoms with Gasteiger partial charge in [-0.2, -0.15) is 0 Å². The number of rotatable bonds is 4. The molecule has 0 spiro atoms. The minimum absolute atomic E-state index is 0.0382. The van der Waals surface area contributed by atoms with Crippen LogP contribution in [0.4, 0.5) is 0 Å². The van der Waals surface area contributed by atoms with E-state index in [9.17, 15) is 9.90 Å². The summed E-state index contributed by atoms with van der Waals surface area (Å²) in [5.41, 5.74) is 2.58. The van der Waals surface area contributed by atoms with Crippen LogP contribution in [-0.2, 0) is 9.53 Å². The van der Waals surface area contributed by atoms with E-state index in [0.717, 1.165) is 17.1 Å². The fraction of sp³-hybridized carbons (Fsp3) is 0.118. The number of carbonyl (C=O) groups is 1. The Morgan fingerprint density at radius 3 is 2.52 bits per heavy atom. The second kappa shape index (κ2) is 5.92. The number of aromatic nitrogens is 3. The lowest BCUT2D eigenvalue weighted by molar-refractivity contribution is -0.142. The minimum atomic E-state index is -0.505. The van der Waals surface area contributed by atoms with Crippen molar-refractivity contribution in [1.82, 2.24) is 15.0 Å². The molecular weight excluding hydrogens is 294 g/mol. The molecule has 3 rings (SSSR count). The van der Waals surface area contributed by atoms with Gasteiger partial charge in [-0.1, -0.05) is 24.8 Å². The number of esters is 1. The van der Waals surface area contributed by atoms with E-state index in [2.05, 4.69) is 16.8 Å². The molecule has 1 aromatic heterocycles. The van der Waals surface area contributed by atoms with Crippen molar-refractivity contribution in [2.24, 2.45) is 0 Å². The SMILES string of the molecule is C=CC(=O)OC(C)c1ccc(O)c(-n2nc3ccccc3n2)c1. The zero-order chi connectivity index (χ0) is 16.4. The molecule has 1 atom stereocenters. The van der Waals surface area contributed by atoms with Crippen molar-refractivity contribution >= 4 is 17.0 Å². The maximum Gasteiger partial charge on any atom is 0.330 e. The first-order valence-electron chi connectivity index (χ1n) is 7.07. The lowest BCUT2D eigenvalue weighted by Gasteiger charge is -2.13. The van der Waals surface area contributed by atoms with Gasteiger partial charge in [0.1, 0.15) is 28.6 Å². The predicted molar refractivity (Wildman–Crippen MR) is 85.2 cm³/mol. The zero-order valence-corrected chi connectivity index (χ0v) is 12.5. The first-order chi connectivity index (χ1) is 11.1. The fourth-order valence-corrected chi connectivity index (χ4v) is 2.21. The van der Waals surface area contributed by atoms with E-state index in [-0.39, 0.29) is 5.75 Å². The molecule has 1 N–H and O–H groups in total. The number of carbonyl (C=O) groups excluding carboxylic acids is 1. The van der Waals surface area contributed by atoms with Crippen LogP contribution in [-0.4, -0.2) is 26.1 Å². The number of phenolic OH excluding ortho intramolecular Hbond substituents is 1. The van der Waals surface area contributed by atoms with Crippen molar-refractivity contribution in [3.63, 3.8) is 0 Å². The Bertz CT molecular complexity index is 853. The summed E-state index contributed by atoms with van der Waals surface area (Å²) in [5, 5.41) is 18.8. The molecule has 116 valence electrons. The van der Waals surface area contributed by atoms with Crippen LogP contribution >= 0.6 is 0 Å². The molecule has 6 nitrogen and oxygen atoms in total. The summed E-state index contributed by atoms with van der Waals surface area (Å²) in [6.07, 6.45) is 0.629. The summed E-state index contributed by atoms with van der Waals surface area (Å²) < 4.78 is 5.19. The molecule has 3 aromatic rings. The molecule has 0 aliphatic carbocycles. The number of hydrogen-bond acceptors (Lipinski definition) is 5. The van der Waals surface area contributed by atoms with Gasteiger partial charge in [0.15, 0.2) is 0 Å². The number of aromatic hydroxyl groups is 1. The second-order valence-electron chi connectivity index (χ2n) is 5.01. The number of fused-ring (bicyclic) bond motifs is 1. The standard InChI is InChI=1S/C17H15N3O3/c1-3-17(22)23-11(2)12-8-9-16(21)15(10-12)20-18-13-6-4-5-7-14(13)19-20/h3-11,21H,1H2,2H3. The van der Waals surface area contributed by atoms with E-state index in [1.807, 2.05) is 24.3 Å². The topological polar surface area (TPSA) is 77.2 Å². The highest BCUT2D eigenvalue weighted by atomic mass is 16.5. The quantitative estimate of drug-likeness (QED) is 0.592. The number of benzene rings is 2. The van der Waals surface area contributed by atoms with E-state index in [1.54, 1.807) is 19.1 Å². The molecule has 2 aromatic carbocycles. The highest BCUT2D eigenvalue weighted by Crippen LogP contribution is 2.27. The van der Waals surface area contributed by atoms with Gasteiger partial charge in [0.2, 0.25) is 0 Å². The normalized spacial score (nSPS) is 12.0. The van der Waals surface area contributed by atoms with Crippen LogP contribution in [0.25, 0.3) is 16.7 Å². The van der Waals surface area contributed by atoms with E-state index in [1.165, 1.54) is 10.9 Å². The molecule has 0 saturated carbocycles. The average molecular weight is 309 g/mol. The van der Waals surface area contributed by atoms with Crippen LogP contribution in [0, 0.1) is 0 Å². The van der Waals surface area contributed by atoms with Crippen molar-refractivity contribution in [1.29, 1.82) is 0 Å². The number of phenols is 1. The van der Waals surface area contributed by atoms with E-state index >= 15 is 0 Å². The third-order valence-corrected chi connectivity index (χ3v) is 3.43. The van der Waals surface area contributed by atoms with Crippen molar-refractivity contribution in [2.75, 3.05) is 0 Å². The van der Waals surface area contributed by atoms with Gasteiger partial charge in [-0.3, -0.25) is 0 Å². The summed E-state index contributed by atoms with van der Waals surface area (Å²) >= 11 is 0. The average Bonchev–Trinajstić information content (AvgIpc) is 2.98. The van der Waals surface area contributed by atoms with Gasteiger partial charge in [0.05, 0.1) is 0 Å². The molecule has 23 heavy (non-hydrogen) atoms. The van der Waals surface area contributed by atoms with E-state index < -0.39 is 12.1 Å².